The highest BCUT2D eigenvalue weighted by Crippen LogP contribution is 2.11. The Kier molecular flexibility index (Phi) is 2.66. The van der Waals surface area contributed by atoms with Gasteiger partial charge in [0.1, 0.15) is 5.82 Å². The maximum Gasteiger partial charge on any atom is 0.162 e. The van der Waals surface area contributed by atoms with Crippen molar-refractivity contribution in [2.75, 3.05) is 31.9 Å². The van der Waals surface area contributed by atoms with Gasteiger partial charge in [0.25, 0.3) is 0 Å². The molecule has 2 aromatic rings. The molecule has 0 unspecified atom stereocenters. The van der Waals surface area contributed by atoms with E-state index in [4.69, 9.17) is 5.73 Å². The molecule has 0 aromatic carbocycles. The standard InChI is InChI=1S/C11H16N6/c12-9-2-1-3-10-14-15-11(17(9)10)8-16-6-4-13-5-7-16/h1-3,13H,4-8,12H2. The van der Waals surface area contributed by atoms with Crippen LogP contribution in [0.5, 0.6) is 0 Å². The predicted octanol–water partition coefficient (Wildman–Crippen LogP) is -0.283. The average Bonchev–Trinajstić information content (AvgIpc) is 2.75. The second-order valence-corrected chi connectivity index (χ2v) is 4.29. The topological polar surface area (TPSA) is 71.5 Å². The minimum absolute atomic E-state index is 0.692. The maximum absolute atomic E-state index is 5.96. The van der Waals surface area contributed by atoms with Crippen LogP contribution >= 0.6 is 0 Å². The highest BCUT2D eigenvalue weighted by atomic mass is 15.3. The Morgan fingerprint density at radius 3 is 2.88 bits per heavy atom. The van der Waals surface area contributed by atoms with Crippen molar-refractivity contribution in [1.29, 1.82) is 0 Å². The number of fused-ring (bicyclic) bond motifs is 1. The Bertz CT molecular complexity index is 514. The van der Waals surface area contributed by atoms with Gasteiger partial charge in [-0.15, -0.1) is 10.2 Å². The molecule has 2 aromatic heterocycles. The highest BCUT2D eigenvalue weighted by Gasteiger charge is 2.14. The van der Waals surface area contributed by atoms with Crippen LogP contribution in [-0.2, 0) is 6.54 Å². The Morgan fingerprint density at radius 2 is 2.06 bits per heavy atom. The monoisotopic (exact) mass is 232 g/mol. The van der Waals surface area contributed by atoms with Crippen molar-refractivity contribution in [2.45, 2.75) is 6.54 Å². The number of hydrogen-bond acceptors (Lipinski definition) is 5. The van der Waals surface area contributed by atoms with Gasteiger partial charge in [0.2, 0.25) is 0 Å². The van der Waals surface area contributed by atoms with E-state index in [1.165, 1.54) is 0 Å². The van der Waals surface area contributed by atoms with Gasteiger partial charge in [0.15, 0.2) is 11.5 Å². The molecule has 6 heteroatoms. The summed E-state index contributed by atoms with van der Waals surface area (Å²) in [6.07, 6.45) is 0. The molecule has 3 rings (SSSR count). The number of nitrogens with one attached hydrogen (secondary N) is 1. The summed E-state index contributed by atoms with van der Waals surface area (Å²) in [5.41, 5.74) is 6.77. The van der Waals surface area contributed by atoms with E-state index < -0.39 is 0 Å². The molecule has 1 aliphatic heterocycles. The van der Waals surface area contributed by atoms with Crippen molar-refractivity contribution in [2.24, 2.45) is 0 Å². The van der Waals surface area contributed by atoms with E-state index in [1.807, 2.05) is 22.6 Å². The summed E-state index contributed by atoms with van der Waals surface area (Å²) in [4.78, 5) is 2.36. The van der Waals surface area contributed by atoms with Crippen LogP contribution in [0.4, 0.5) is 5.82 Å². The van der Waals surface area contributed by atoms with Gasteiger partial charge in [-0.05, 0) is 12.1 Å². The minimum atomic E-state index is 0.692. The van der Waals surface area contributed by atoms with Gasteiger partial charge >= 0.3 is 0 Å². The fraction of sp³-hybridized carbons (Fsp3) is 0.455. The Hall–Kier alpha value is -1.66. The first kappa shape index (κ1) is 10.5. The summed E-state index contributed by atoms with van der Waals surface area (Å²) in [5.74, 6) is 1.61. The molecule has 3 N–H and O–H groups in total. The molecule has 3 heterocycles. The number of hydrogen-bond donors (Lipinski definition) is 2. The lowest BCUT2D eigenvalue weighted by atomic mass is 10.3. The number of nitrogen functional groups attached to an aromatic ring is 1. The number of nitrogens with zero attached hydrogens (tertiary/aromatic N) is 4. The maximum atomic E-state index is 5.96. The van der Waals surface area contributed by atoms with E-state index in [0.717, 1.165) is 44.2 Å². The first-order valence-electron chi connectivity index (χ1n) is 5.86. The fourth-order valence-electron chi connectivity index (χ4n) is 2.20. The molecule has 0 spiro atoms. The van der Waals surface area contributed by atoms with Crippen molar-refractivity contribution < 1.29 is 0 Å². The number of rotatable bonds is 2. The third-order valence-corrected chi connectivity index (χ3v) is 3.10. The molecule has 1 aliphatic rings. The molecular formula is C11H16N6. The van der Waals surface area contributed by atoms with Gasteiger partial charge in [0.05, 0.1) is 6.54 Å². The van der Waals surface area contributed by atoms with E-state index in [0.29, 0.717) is 5.82 Å². The quantitative estimate of drug-likeness (QED) is 0.745. The van der Waals surface area contributed by atoms with Gasteiger partial charge in [-0.2, -0.15) is 0 Å². The average molecular weight is 232 g/mol. The van der Waals surface area contributed by atoms with Crippen molar-refractivity contribution in [3.63, 3.8) is 0 Å². The Labute approximate surface area is 99.4 Å². The number of pyridine rings is 1. The largest absolute Gasteiger partial charge is 0.385 e. The number of piperazine rings is 1. The molecule has 17 heavy (non-hydrogen) atoms. The normalized spacial score (nSPS) is 17.6. The SMILES string of the molecule is Nc1cccc2nnc(CN3CCNCC3)n12. The molecule has 0 amide bonds. The van der Waals surface area contributed by atoms with Crippen LogP contribution in [0.2, 0.25) is 0 Å². The van der Waals surface area contributed by atoms with Crippen LogP contribution in [0.3, 0.4) is 0 Å². The molecule has 0 atom stereocenters. The summed E-state index contributed by atoms with van der Waals surface area (Å²) in [6, 6.07) is 5.69. The van der Waals surface area contributed by atoms with Gasteiger partial charge in [0, 0.05) is 26.2 Å². The van der Waals surface area contributed by atoms with Crippen molar-refractivity contribution >= 4 is 11.5 Å². The van der Waals surface area contributed by atoms with Gasteiger partial charge < -0.3 is 11.1 Å². The van der Waals surface area contributed by atoms with E-state index >= 15 is 0 Å². The molecule has 1 fully saturated rings. The zero-order valence-corrected chi connectivity index (χ0v) is 9.63. The second kappa shape index (κ2) is 4.31. The molecule has 1 saturated heterocycles. The highest BCUT2D eigenvalue weighted by molar-refractivity contribution is 5.47. The summed E-state index contributed by atoms with van der Waals surface area (Å²) in [5, 5.41) is 11.7. The van der Waals surface area contributed by atoms with Gasteiger partial charge in [-0.1, -0.05) is 6.07 Å². The van der Waals surface area contributed by atoms with E-state index in [1.54, 1.807) is 0 Å². The van der Waals surface area contributed by atoms with Crippen LogP contribution in [0.15, 0.2) is 18.2 Å². The number of nitrogens with two attached hydrogens (primary N) is 1. The molecule has 0 saturated carbocycles. The molecule has 0 bridgehead atoms. The summed E-state index contributed by atoms with van der Waals surface area (Å²) in [7, 11) is 0. The lowest BCUT2D eigenvalue weighted by molar-refractivity contribution is 0.227. The van der Waals surface area contributed by atoms with E-state index in [9.17, 15) is 0 Å². The Morgan fingerprint density at radius 1 is 1.24 bits per heavy atom. The lowest BCUT2D eigenvalue weighted by Gasteiger charge is -2.26. The number of aromatic nitrogens is 3. The Balaban J connectivity index is 1.89. The molecule has 0 radical (unpaired) electrons. The first-order chi connectivity index (χ1) is 8.34. The van der Waals surface area contributed by atoms with Crippen LogP contribution in [0.25, 0.3) is 5.65 Å². The van der Waals surface area contributed by atoms with Gasteiger partial charge in [-0.25, -0.2) is 0 Å². The zero-order valence-electron chi connectivity index (χ0n) is 9.63. The van der Waals surface area contributed by atoms with E-state index in [2.05, 4.69) is 20.4 Å². The fourth-order valence-corrected chi connectivity index (χ4v) is 2.20. The summed E-state index contributed by atoms with van der Waals surface area (Å²) < 4.78 is 1.92. The van der Waals surface area contributed by atoms with Crippen LogP contribution < -0.4 is 11.1 Å². The molecule has 6 nitrogen and oxygen atoms in total. The zero-order chi connectivity index (χ0) is 11.7. The molecule has 0 aliphatic carbocycles. The smallest absolute Gasteiger partial charge is 0.162 e. The molecule has 90 valence electrons. The van der Waals surface area contributed by atoms with Crippen molar-refractivity contribution in [3.8, 4) is 0 Å². The van der Waals surface area contributed by atoms with E-state index in [-0.39, 0.29) is 0 Å². The van der Waals surface area contributed by atoms with Crippen LogP contribution in [0.1, 0.15) is 5.82 Å². The summed E-state index contributed by atoms with van der Waals surface area (Å²) >= 11 is 0. The predicted molar refractivity (Wildman–Crippen MR) is 65.5 cm³/mol. The van der Waals surface area contributed by atoms with Crippen LogP contribution in [0, 0.1) is 0 Å². The summed E-state index contributed by atoms with van der Waals surface area (Å²) in [6.45, 7) is 4.96. The lowest BCUT2D eigenvalue weighted by Crippen LogP contribution is -2.43. The third-order valence-electron chi connectivity index (χ3n) is 3.10. The second-order valence-electron chi connectivity index (χ2n) is 4.29. The van der Waals surface area contributed by atoms with Gasteiger partial charge in [-0.3, -0.25) is 9.30 Å². The minimum Gasteiger partial charge on any atom is -0.385 e. The van der Waals surface area contributed by atoms with Crippen LogP contribution in [-0.4, -0.2) is 45.7 Å². The molecular weight excluding hydrogens is 216 g/mol. The number of anilines is 1. The van der Waals surface area contributed by atoms with Crippen molar-refractivity contribution in [1.82, 2.24) is 24.8 Å². The first-order valence-corrected chi connectivity index (χ1v) is 5.86. The van der Waals surface area contributed by atoms with Crippen molar-refractivity contribution in [3.05, 3.63) is 24.0 Å². The third kappa shape index (κ3) is 1.96.